The summed E-state index contributed by atoms with van der Waals surface area (Å²) in [6, 6.07) is 7.68. The summed E-state index contributed by atoms with van der Waals surface area (Å²) in [5.41, 5.74) is 1.06. The van der Waals surface area contributed by atoms with Gasteiger partial charge in [-0.1, -0.05) is 49.4 Å². The summed E-state index contributed by atoms with van der Waals surface area (Å²) in [5.74, 6) is 0.760. The molecule has 1 aliphatic rings. The second kappa shape index (κ2) is 5.49. The van der Waals surface area contributed by atoms with E-state index >= 15 is 0 Å². The van der Waals surface area contributed by atoms with Crippen molar-refractivity contribution in [3.63, 3.8) is 0 Å². The molecule has 2 rings (SSSR count). The monoisotopic (exact) mass is 236 g/mol. The van der Waals surface area contributed by atoms with Crippen molar-refractivity contribution in [2.75, 3.05) is 0 Å². The number of halogens is 1. The Bertz CT molecular complexity index is 356. The summed E-state index contributed by atoms with van der Waals surface area (Å²) in [6.45, 7) is 0. The molecule has 1 aliphatic carbocycles. The SMILES string of the molecule is O=CC(CC1CCCC1)c1cccc(Cl)c1. The van der Waals surface area contributed by atoms with E-state index in [9.17, 15) is 4.79 Å². The van der Waals surface area contributed by atoms with Crippen molar-refractivity contribution in [1.29, 1.82) is 0 Å². The fourth-order valence-corrected chi connectivity index (χ4v) is 2.81. The van der Waals surface area contributed by atoms with Crippen molar-refractivity contribution < 1.29 is 4.79 Å². The van der Waals surface area contributed by atoms with Gasteiger partial charge in [-0.15, -0.1) is 0 Å². The third-order valence-electron chi connectivity index (χ3n) is 3.50. The normalized spacial score (nSPS) is 18.6. The molecule has 0 radical (unpaired) electrons. The maximum absolute atomic E-state index is 11.2. The average molecular weight is 237 g/mol. The molecule has 1 fully saturated rings. The molecule has 1 atom stereocenters. The fourth-order valence-electron chi connectivity index (χ4n) is 2.61. The highest BCUT2D eigenvalue weighted by Crippen LogP contribution is 2.33. The number of carbonyl (C=O) groups is 1. The molecule has 0 N–H and O–H groups in total. The summed E-state index contributed by atoms with van der Waals surface area (Å²) < 4.78 is 0. The van der Waals surface area contributed by atoms with Crippen LogP contribution in [0.5, 0.6) is 0 Å². The van der Waals surface area contributed by atoms with Gasteiger partial charge in [0.05, 0.1) is 0 Å². The fraction of sp³-hybridized carbons (Fsp3) is 0.500. The summed E-state index contributed by atoms with van der Waals surface area (Å²) in [5, 5.41) is 0.718. The third-order valence-corrected chi connectivity index (χ3v) is 3.74. The first-order valence-electron chi connectivity index (χ1n) is 6.00. The van der Waals surface area contributed by atoms with Gasteiger partial charge in [-0.05, 0) is 30.0 Å². The van der Waals surface area contributed by atoms with E-state index in [1.54, 1.807) is 0 Å². The minimum atomic E-state index is 0.0294. The molecule has 1 aromatic carbocycles. The van der Waals surface area contributed by atoms with Crippen molar-refractivity contribution in [2.24, 2.45) is 5.92 Å². The molecular weight excluding hydrogens is 220 g/mol. The van der Waals surface area contributed by atoms with Gasteiger partial charge in [0, 0.05) is 10.9 Å². The quantitative estimate of drug-likeness (QED) is 0.716. The van der Waals surface area contributed by atoms with Crippen molar-refractivity contribution in [3.05, 3.63) is 34.9 Å². The van der Waals surface area contributed by atoms with Gasteiger partial charge >= 0.3 is 0 Å². The smallest absolute Gasteiger partial charge is 0.127 e. The lowest BCUT2D eigenvalue weighted by Gasteiger charge is -2.15. The van der Waals surface area contributed by atoms with E-state index in [0.29, 0.717) is 0 Å². The van der Waals surface area contributed by atoms with Crippen LogP contribution in [-0.4, -0.2) is 6.29 Å². The van der Waals surface area contributed by atoms with Gasteiger partial charge in [0.15, 0.2) is 0 Å². The molecule has 0 saturated heterocycles. The Kier molecular flexibility index (Phi) is 4.00. The first-order chi connectivity index (χ1) is 7.79. The Labute approximate surface area is 102 Å². The zero-order valence-corrected chi connectivity index (χ0v) is 10.1. The minimum Gasteiger partial charge on any atom is -0.303 e. The lowest BCUT2D eigenvalue weighted by atomic mass is 9.89. The Hall–Kier alpha value is -0.820. The average Bonchev–Trinajstić information content (AvgIpc) is 2.78. The molecule has 1 saturated carbocycles. The highest BCUT2D eigenvalue weighted by Gasteiger charge is 2.20. The predicted molar refractivity (Wildman–Crippen MR) is 66.8 cm³/mol. The number of benzene rings is 1. The largest absolute Gasteiger partial charge is 0.303 e. The van der Waals surface area contributed by atoms with E-state index in [4.69, 9.17) is 11.6 Å². The van der Waals surface area contributed by atoms with Crippen molar-refractivity contribution in [3.8, 4) is 0 Å². The van der Waals surface area contributed by atoms with E-state index in [1.807, 2.05) is 24.3 Å². The van der Waals surface area contributed by atoms with Crippen molar-refractivity contribution >= 4 is 17.9 Å². The van der Waals surface area contributed by atoms with E-state index in [0.717, 1.165) is 29.2 Å². The molecule has 1 unspecified atom stereocenters. The number of hydrogen-bond acceptors (Lipinski definition) is 1. The lowest BCUT2D eigenvalue weighted by molar-refractivity contribution is -0.109. The van der Waals surface area contributed by atoms with E-state index in [2.05, 4.69) is 0 Å². The van der Waals surface area contributed by atoms with Crippen LogP contribution in [0.3, 0.4) is 0 Å². The minimum absolute atomic E-state index is 0.0294. The summed E-state index contributed by atoms with van der Waals surface area (Å²) in [6.07, 6.45) is 7.28. The second-order valence-corrected chi connectivity index (χ2v) is 5.12. The molecule has 2 heteroatoms. The third kappa shape index (κ3) is 2.85. The van der Waals surface area contributed by atoms with Crippen molar-refractivity contribution in [2.45, 2.75) is 38.0 Å². The van der Waals surface area contributed by atoms with Gasteiger partial charge in [0.2, 0.25) is 0 Å². The number of rotatable bonds is 4. The van der Waals surface area contributed by atoms with Crippen molar-refractivity contribution in [1.82, 2.24) is 0 Å². The first kappa shape index (κ1) is 11.7. The second-order valence-electron chi connectivity index (χ2n) is 4.68. The van der Waals surface area contributed by atoms with E-state index < -0.39 is 0 Å². The maximum Gasteiger partial charge on any atom is 0.127 e. The van der Waals surface area contributed by atoms with Crippen LogP contribution in [-0.2, 0) is 4.79 Å². The van der Waals surface area contributed by atoms with E-state index in [1.165, 1.54) is 25.7 Å². The molecule has 0 heterocycles. The van der Waals surface area contributed by atoms with Crippen LogP contribution in [0.1, 0.15) is 43.6 Å². The Balaban J connectivity index is 2.06. The summed E-state index contributed by atoms with van der Waals surface area (Å²) in [4.78, 5) is 11.2. The highest BCUT2D eigenvalue weighted by atomic mass is 35.5. The molecule has 16 heavy (non-hydrogen) atoms. The molecule has 1 aromatic rings. The van der Waals surface area contributed by atoms with Crippen LogP contribution >= 0.6 is 11.6 Å². The topological polar surface area (TPSA) is 17.1 Å². The number of carbonyl (C=O) groups excluding carboxylic acids is 1. The lowest BCUT2D eigenvalue weighted by Crippen LogP contribution is -2.06. The highest BCUT2D eigenvalue weighted by molar-refractivity contribution is 6.30. The van der Waals surface area contributed by atoms with Gasteiger partial charge in [-0.3, -0.25) is 0 Å². The van der Waals surface area contributed by atoms with Gasteiger partial charge < -0.3 is 4.79 Å². The van der Waals surface area contributed by atoms with Crippen LogP contribution in [0.2, 0.25) is 5.02 Å². The maximum atomic E-state index is 11.2. The summed E-state index contributed by atoms with van der Waals surface area (Å²) in [7, 11) is 0. The predicted octanol–water partition coefficient (Wildman–Crippen LogP) is 4.20. The number of hydrogen-bond donors (Lipinski definition) is 0. The molecule has 0 bridgehead atoms. The standard InChI is InChI=1S/C14H17ClO/c15-14-7-3-6-12(9-14)13(10-16)8-11-4-1-2-5-11/h3,6-7,9-11,13H,1-2,4-5,8H2. The van der Waals surface area contributed by atoms with E-state index in [-0.39, 0.29) is 5.92 Å². The van der Waals surface area contributed by atoms with Crippen LogP contribution in [0.25, 0.3) is 0 Å². The van der Waals surface area contributed by atoms with Crippen LogP contribution in [0, 0.1) is 5.92 Å². The molecule has 0 amide bonds. The van der Waals surface area contributed by atoms with Gasteiger partial charge in [0.1, 0.15) is 6.29 Å². The van der Waals surface area contributed by atoms with Crippen LogP contribution in [0.15, 0.2) is 24.3 Å². The zero-order valence-electron chi connectivity index (χ0n) is 9.36. The van der Waals surface area contributed by atoms with Gasteiger partial charge in [-0.2, -0.15) is 0 Å². The molecule has 0 spiro atoms. The molecule has 86 valence electrons. The molecule has 0 aromatic heterocycles. The Morgan fingerprint density at radius 2 is 2.12 bits per heavy atom. The number of aldehydes is 1. The van der Waals surface area contributed by atoms with Crippen LogP contribution < -0.4 is 0 Å². The van der Waals surface area contributed by atoms with Gasteiger partial charge in [0.25, 0.3) is 0 Å². The molecular formula is C14H17ClO. The molecule has 1 nitrogen and oxygen atoms in total. The molecule has 0 aliphatic heterocycles. The van der Waals surface area contributed by atoms with Gasteiger partial charge in [-0.25, -0.2) is 0 Å². The Morgan fingerprint density at radius 1 is 1.38 bits per heavy atom. The first-order valence-corrected chi connectivity index (χ1v) is 6.38. The zero-order chi connectivity index (χ0) is 11.4. The Morgan fingerprint density at radius 3 is 2.75 bits per heavy atom. The van der Waals surface area contributed by atoms with Crippen LogP contribution in [0.4, 0.5) is 0 Å². The summed E-state index contributed by atoms with van der Waals surface area (Å²) >= 11 is 5.95.